The van der Waals surface area contributed by atoms with Gasteiger partial charge in [-0.05, 0) is 18.9 Å². The van der Waals surface area contributed by atoms with Gasteiger partial charge in [0, 0.05) is 36.0 Å². The lowest BCUT2D eigenvalue weighted by molar-refractivity contribution is -0.245. The first-order valence-corrected chi connectivity index (χ1v) is 13.1. The minimum absolute atomic E-state index is 0.165. The number of hydrogen-bond acceptors (Lipinski definition) is 10. The number of ketones is 1. The van der Waals surface area contributed by atoms with Crippen molar-refractivity contribution in [2.24, 2.45) is 35.0 Å². The van der Waals surface area contributed by atoms with E-state index in [4.69, 9.17) is 14.2 Å². The molecule has 0 aromatic carbocycles. The van der Waals surface area contributed by atoms with E-state index in [0.717, 1.165) is 0 Å². The Bertz CT molecular complexity index is 1100. The summed E-state index contributed by atoms with van der Waals surface area (Å²) in [4.78, 5) is 38.8. The van der Waals surface area contributed by atoms with Crippen LogP contribution in [-0.4, -0.2) is 85.5 Å². The Morgan fingerprint density at radius 3 is 2.41 bits per heavy atom. The summed E-state index contributed by atoms with van der Waals surface area (Å²) >= 11 is 0. The van der Waals surface area contributed by atoms with Gasteiger partial charge in [-0.25, -0.2) is 0 Å². The summed E-state index contributed by atoms with van der Waals surface area (Å²) in [7, 11) is 0. The second kappa shape index (κ2) is 7.63. The summed E-state index contributed by atoms with van der Waals surface area (Å²) in [6.07, 6.45) is -1.89. The summed E-state index contributed by atoms with van der Waals surface area (Å²) in [6.45, 7) is 11.0. The van der Waals surface area contributed by atoms with E-state index in [1.54, 1.807) is 13.8 Å². The van der Waals surface area contributed by atoms with Crippen molar-refractivity contribution in [1.82, 2.24) is 0 Å². The number of carbonyl (C=O) groups is 3. The topological polar surface area (TPSA) is 163 Å². The molecule has 1 saturated heterocycles. The first-order valence-electron chi connectivity index (χ1n) is 13.1. The Kier molecular flexibility index (Phi) is 5.51. The third-order valence-electron chi connectivity index (χ3n) is 10.6. The zero-order chi connectivity index (χ0) is 27.7. The number of Topliss-reactive ketones (excluding diaryl/α,β-unsaturated/α-hetero) is 1. The smallest absolute Gasteiger partial charge is 0.309 e. The van der Waals surface area contributed by atoms with Gasteiger partial charge in [-0.3, -0.25) is 14.4 Å². The molecule has 4 N–H and O–H groups in total. The second-order valence-electron chi connectivity index (χ2n) is 12.5. The average molecular weight is 523 g/mol. The lowest BCUT2D eigenvalue weighted by Gasteiger charge is -2.53. The number of esters is 2. The Labute approximate surface area is 216 Å². The zero-order valence-electron chi connectivity index (χ0n) is 22.3. The molecule has 4 fully saturated rings. The van der Waals surface area contributed by atoms with Crippen LogP contribution in [0.5, 0.6) is 0 Å². The van der Waals surface area contributed by atoms with Gasteiger partial charge in [-0.15, -0.1) is 0 Å². The van der Waals surface area contributed by atoms with Gasteiger partial charge >= 0.3 is 11.9 Å². The molecule has 4 aliphatic carbocycles. The Balaban J connectivity index is 1.74. The lowest BCUT2D eigenvalue weighted by Crippen LogP contribution is -2.69. The number of ether oxygens (including phenoxy) is 3. The highest BCUT2D eigenvalue weighted by molar-refractivity contribution is 6.05. The standard InChI is InChI=1S/C27H38O10/c1-8-11(2)21(31)35-19-13(4)25(33)15-9-12(3)18(30)26(15,34)22(32)24(10-28)20(37-24)16(25)17-23(6,7)27(17,19)36-14(5)29/h9,11,13,15-17,19-20,22,28,32-34H,8,10H2,1-7H3/t11?,13-,15+,16-,17+,19?,20?,22?,24?,25?,26?,27?/m1/s1. The average Bonchev–Trinajstić information content (AvgIpc) is 3.66. The van der Waals surface area contributed by atoms with E-state index >= 15 is 0 Å². The monoisotopic (exact) mass is 522 g/mol. The molecule has 10 heteroatoms. The van der Waals surface area contributed by atoms with E-state index in [-0.39, 0.29) is 5.57 Å². The summed E-state index contributed by atoms with van der Waals surface area (Å²) in [5.41, 5.74) is -8.05. The number of aliphatic hydroxyl groups is 4. The number of carbonyl (C=O) groups excluding carboxylic acids is 3. The van der Waals surface area contributed by atoms with Crippen LogP contribution in [0.4, 0.5) is 0 Å². The molecule has 3 saturated carbocycles. The molecule has 10 nitrogen and oxygen atoms in total. The molecule has 0 bridgehead atoms. The van der Waals surface area contributed by atoms with Crippen LogP contribution in [0.25, 0.3) is 0 Å². The normalized spacial score (nSPS) is 51.4. The van der Waals surface area contributed by atoms with Crippen LogP contribution in [0.15, 0.2) is 11.6 Å². The third kappa shape index (κ3) is 2.81. The van der Waals surface area contributed by atoms with Gasteiger partial charge in [-0.1, -0.05) is 40.7 Å². The molecule has 8 unspecified atom stereocenters. The van der Waals surface area contributed by atoms with E-state index in [2.05, 4.69) is 0 Å². The molecule has 0 aromatic rings. The van der Waals surface area contributed by atoms with Gasteiger partial charge < -0.3 is 34.6 Å². The maximum atomic E-state index is 13.3. The highest BCUT2D eigenvalue weighted by Gasteiger charge is 2.93. The van der Waals surface area contributed by atoms with Gasteiger partial charge in [0.15, 0.2) is 17.0 Å². The van der Waals surface area contributed by atoms with Crippen molar-refractivity contribution in [1.29, 1.82) is 0 Å². The number of rotatable bonds is 5. The van der Waals surface area contributed by atoms with Crippen molar-refractivity contribution < 1.29 is 49.0 Å². The van der Waals surface area contributed by atoms with E-state index in [1.165, 1.54) is 19.9 Å². The minimum Gasteiger partial charge on any atom is -0.457 e. The largest absolute Gasteiger partial charge is 0.457 e. The van der Waals surface area contributed by atoms with Gasteiger partial charge in [0.25, 0.3) is 0 Å². The van der Waals surface area contributed by atoms with Crippen LogP contribution in [-0.2, 0) is 28.6 Å². The molecular weight excluding hydrogens is 484 g/mol. The van der Waals surface area contributed by atoms with Crippen molar-refractivity contribution in [2.75, 3.05) is 6.61 Å². The fourth-order valence-corrected chi connectivity index (χ4v) is 8.31. The molecule has 0 amide bonds. The molecule has 37 heavy (non-hydrogen) atoms. The lowest BCUT2D eigenvalue weighted by atomic mass is 9.58. The van der Waals surface area contributed by atoms with Crippen LogP contribution >= 0.6 is 0 Å². The summed E-state index contributed by atoms with van der Waals surface area (Å²) in [5, 5.41) is 46.3. The summed E-state index contributed by atoms with van der Waals surface area (Å²) in [5.74, 6) is -6.04. The molecule has 0 aromatic heterocycles. The van der Waals surface area contributed by atoms with Crippen molar-refractivity contribution in [3.63, 3.8) is 0 Å². The van der Waals surface area contributed by atoms with Crippen LogP contribution in [0.3, 0.4) is 0 Å². The summed E-state index contributed by atoms with van der Waals surface area (Å²) in [6, 6.07) is 0. The predicted octanol–water partition coefficient (Wildman–Crippen LogP) is 0.280. The van der Waals surface area contributed by atoms with Crippen LogP contribution < -0.4 is 0 Å². The quantitative estimate of drug-likeness (QED) is 0.291. The van der Waals surface area contributed by atoms with E-state index in [9.17, 15) is 34.8 Å². The molecule has 206 valence electrons. The molecule has 0 spiro atoms. The van der Waals surface area contributed by atoms with E-state index in [0.29, 0.717) is 6.42 Å². The van der Waals surface area contributed by atoms with Gasteiger partial charge in [0.2, 0.25) is 0 Å². The number of fused-ring (bicyclic) bond motifs is 7. The maximum Gasteiger partial charge on any atom is 0.309 e. The van der Waals surface area contributed by atoms with Crippen LogP contribution in [0, 0.1) is 35.0 Å². The van der Waals surface area contributed by atoms with E-state index in [1.807, 2.05) is 20.8 Å². The van der Waals surface area contributed by atoms with Crippen molar-refractivity contribution >= 4 is 17.7 Å². The number of epoxide rings is 1. The highest BCUT2D eigenvalue weighted by Crippen LogP contribution is 2.79. The number of hydrogen-bond donors (Lipinski definition) is 4. The first kappa shape index (κ1) is 26.7. The minimum atomic E-state index is -2.47. The Morgan fingerprint density at radius 1 is 1.24 bits per heavy atom. The summed E-state index contributed by atoms with van der Waals surface area (Å²) < 4.78 is 18.0. The van der Waals surface area contributed by atoms with E-state index < -0.39 is 100 Å². The molecule has 12 atom stereocenters. The van der Waals surface area contributed by atoms with Crippen molar-refractivity contribution in [2.45, 2.75) is 95.6 Å². The SMILES string of the molecule is CCC(C)C(=O)OC1[C@@H](C)C2(O)[C@@H]3C=C(C)C(=O)C3(O)C(O)C3(CO)OC3[C@H]2[C@H]2C(C)(C)C12OC(C)=O. The molecule has 1 heterocycles. The Hall–Kier alpha value is -1.85. The first-order chi connectivity index (χ1) is 17.0. The molecule has 5 rings (SSSR count). The molecular formula is C27H38O10. The molecule has 1 aliphatic heterocycles. The Morgan fingerprint density at radius 2 is 1.86 bits per heavy atom. The second-order valence-corrected chi connectivity index (χ2v) is 12.5. The van der Waals surface area contributed by atoms with Gasteiger partial charge in [0.05, 0.1) is 24.2 Å². The van der Waals surface area contributed by atoms with Crippen molar-refractivity contribution in [3.8, 4) is 0 Å². The number of aliphatic hydroxyl groups excluding tert-OH is 2. The zero-order valence-corrected chi connectivity index (χ0v) is 22.3. The highest BCUT2D eigenvalue weighted by atomic mass is 16.6. The van der Waals surface area contributed by atoms with Crippen LogP contribution in [0.2, 0.25) is 0 Å². The fraction of sp³-hybridized carbons (Fsp3) is 0.815. The van der Waals surface area contributed by atoms with Gasteiger partial charge in [-0.2, -0.15) is 0 Å². The maximum absolute atomic E-state index is 13.3. The predicted molar refractivity (Wildman–Crippen MR) is 127 cm³/mol. The van der Waals surface area contributed by atoms with Gasteiger partial charge in [0.1, 0.15) is 17.8 Å². The van der Waals surface area contributed by atoms with Crippen LogP contribution in [0.1, 0.15) is 54.9 Å². The molecule has 5 aliphatic rings. The third-order valence-corrected chi connectivity index (χ3v) is 10.6. The fourth-order valence-electron chi connectivity index (χ4n) is 8.31. The van der Waals surface area contributed by atoms with Crippen molar-refractivity contribution in [3.05, 3.63) is 11.6 Å². The molecule has 0 radical (unpaired) electrons.